The minimum absolute atomic E-state index is 0.0831. The van der Waals surface area contributed by atoms with Crippen molar-refractivity contribution in [3.05, 3.63) is 33.1 Å². The summed E-state index contributed by atoms with van der Waals surface area (Å²) in [5.41, 5.74) is -0.853. The van der Waals surface area contributed by atoms with Crippen LogP contribution in [0.4, 0.5) is 0 Å². The van der Waals surface area contributed by atoms with Crippen LogP contribution in [0.25, 0.3) is 0 Å². The van der Waals surface area contributed by atoms with Gasteiger partial charge in [0.15, 0.2) is 0 Å². The Morgan fingerprint density at radius 1 is 1.56 bits per heavy atom. The van der Waals surface area contributed by atoms with E-state index in [-0.39, 0.29) is 6.54 Å². The van der Waals surface area contributed by atoms with Crippen LogP contribution in [0.2, 0.25) is 0 Å². The summed E-state index contributed by atoms with van der Waals surface area (Å²) in [4.78, 5) is 23.2. The largest absolute Gasteiger partial charge is 0.331 e. The molecule has 0 radical (unpaired) electrons. The summed E-state index contributed by atoms with van der Waals surface area (Å²) in [6.07, 6.45) is 2.25. The Hall–Kier alpha value is -1.54. The van der Waals surface area contributed by atoms with Crippen molar-refractivity contribution in [2.45, 2.75) is 31.8 Å². The molecule has 1 unspecified atom stereocenters. The third kappa shape index (κ3) is 2.74. The van der Waals surface area contributed by atoms with Gasteiger partial charge >= 0.3 is 5.69 Å². The van der Waals surface area contributed by atoms with Crippen LogP contribution in [0, 0.1) is 11.3 Å². The molecule has 86 valence electrons. The van der Waals surface area contributed by atoms with E-state index in [1.54, 1.807) is 6.07 Å². The maximum atomic E-state index is 11.8. The average molecular weight is 242 g/mol. The second kappa shape index (κ2) is 5.52. The number of aromatic nitrogens is 2. The number of alkyl halides is 1. The highest BCUT2D eigenvalue weighted by atomic mass is 35.5. The first kappa shape index (κ1) is 12.5. The zero-order valence-electron chi connectivity index (χ0n) is 8.89. The van der Waals surface area contributed by atoms with Crippen molar-refractivity contribution >= 4 is 11.6 Å². The van der Waals surface area contributed by atoms with Crippen molar-refractivity contribution < 1.29 is 0 Å². The molecule has 1 rings (SSSR count). The Kier molecular flexibility index (Phi) is 4.32. The van der Waals surface area contributed by atoms with Gasteiger partial charge in [-0.15, -0.1) is 11.6 Å². The van der Waals surface area contributed by atoms with Gasteiger partial charge in [-0.3, -0.25) is 9.36 Å². The number of hydrogen-bond donors (Lipinski definition) is 0. The topological polar surface area (TPSA) is 67.8 Å². The Labute approximate surface area is 97.5 Å². The molecule has 5 nitrogen and oxygen atoms in total. The summed E-state index contributed by atoms with van der Waals surface area (Å²) in [6, 6.07) is 3.08. The van der Waals surface area contributed by atoms with E-state index >= 15 is 0 Å². The van der Waals surface area contributed by atoms with Crippen molar-refractivity contribution in [1.82, 2.24) is 9.13 Å². The van der Waals surface area contributed by atoms with E-state index in [0.717, 1.165) is 11.0 Å². The second-order valence-corrected chi connectivity index (χ2v) is 3.86. The van der Waals surface area contributed by atoms with E-state index in [9.17, 15) is 9.59 Å². The van der Waals surface area contributed by atoms with E-state index in [4.69, 9.17) is 16.9 Å². The van der Waals surface area contributed by atoms with E-state index in [2.05, 4.69) is 0 Å². The molecule has 0 aliphatic carbocycles. The molecule has 1 aromatic heterocycles. The number of rotatable bonds is 4. The summed E-state index contributed by atoms with van der Waals surface area (Å²) in [5.74, 6) is 0. The quantitative estimate of drug-likeness (QED) is 0.723. The first-order valence-electron chi connectivity index (χ1n) is 4.94. The molecule has 0 fully saturated rings. The van der Waals surface area contributed by atoms with Gasteiger partial charge in [0.25, 0.3) is 5.56 Å². The fourth-order valence-electron chi connectivity index (χ4n) is 1.34. The average Bonchev–Trinajstić information content (AvgIpc) is 2.28. The molecule has 0 saturated heterocycles. The molecule has 0 aromatic carbocycles. The van der Waals surface area contributed by atoms with Crippen molar-refractivity contribution in [2.24, 2.45) is 0 Å². The van der Waals surface area contributed by atoms with Gasteiger partial charge in [-0.1, -0.05) is 6.92 Å². The van der Waals surface area contributed by atoms with E-state index in [0.29, 0.717) is 6.54 Å². The van der Waals surface area contributed by atoms with Gasteiger partial charge in [0.1, 0.15) is 5.38 Å². The summed E-state index contributed by atoms with van der Waals surface area (Å²) < 4.78 is 2.42. The SMILES string of the molecule is CCCn1ccc(=O)n(CC(Cl)C#N)c1=O. The molecule has 0 saturated carbocycles. The molecular formula is C10H12ClN3O2. The Morgan fingerprint density at radius 2 is 2.25 bits per heavy atom. The van der Waals surface area contributed by atoms with Crippen molar-refractivity contribution in [1.29, 1.82) is 5.26 Å². The lowest BCUT2D eigenvalue weighted by atomic mass is 10.4. The van der Waals surface area contributed by atoms with Crippen LogP contribution in [0.1, 0.15) is 13.3 Å². The molecule has 0 N–H and O–H groups in total. The monoisotopic (exact) mass is 241 g/mol. The normalized spacial score (nSPS) is 12.1. The zero-order valence-corrected chi connectivity index (χ0v) is 9.65. The minimum Gasteiger partial charge on any atom is -0.300 e. The maximum Gasteiger partial charge on any atom is 0.331 e. The van der Waals surface area contributed by atoms with Crippen LogP contribution >= 0.6 is 11.6 Å². The third-order valence-electron chi connectivity index (χ3n) is 2.09. The third-order valence-corrected chi connectivity index (χ3v) is 2.32. The Balaban J connectivity index is 3.17. The van der Waals surface area contributed by atoms with Gasteiger partial charge in [0.05, 0.1) is 12.6 Å². The predicted octanol–water partition coefficient (Wildman–Crippen LogP) is 0.551. The standard InChI is InChI=1S/C10H12ClN3O2/c1-2-4-13-5-3-9(15)14(10(13)16)7-8(11)6-12/h3,5,8H,2,4,7H2,1H3. The highest BCUT2D eigenvalue weighted by Crippen LogP contribution is 1.94. The maximum absolute atomic E-state index is 11.8. The number of nitriles is 1. The minimum atomic E-state index is -0.872. The zero-order chi connectivity index (χ0) is 12.1. The van der Waals surface area contributed by atoms with Crippen LogP contribution in [0.3, 0.4) is 0 Å². The van der Waals surface area contributed by atoms with Crippen LogP contribution in [0.15, 0.2) is 21.9 Å². The van der Waals surface area contributed by atoms with Crippen LogP contribution < -0.4 is 11.2 Å². The molecule has 6 heteroatoms. The first-order valence-corrected chi connectivity index (χ1v) is 5.37. The molecule has 0 amide bonds. The smallest absolute Gasteiger partial charge is 0.300 e. The number of nitrogens with zero attached hydrogens (tertiary/aromatic N) is 3. The predicted molar refractivity (Wildman–Crippen MR) is 60.5 cm³/mol. The van der Waals surface area contributed by atoms with Crippen molar-refractivity contribution in [2.75, 3.05) is 0 Å². The van der Waals surface area contributed by atoms with Gasteiger partial charge in [0.2, 0.25) is 0 Å². The van der Waals surface area contributed by atoms with Crippen molar-refractivity contribution in [3.8, 4) is 6.07 Å². The number of aryl methyl sites for hydroxylation is 1. The summed E-state index contributed by atoms with van der Waals surface area (Å²) >= 11 is 5.60. The molecule has 16 heavy (non-hydrogen) atoms. The van der Waals surface area contributed by atoms with E-state index < -0.39 is 16.6 Å². The van der Waals surface area contributed by atoms with E-state index in [1.807, 2.05) is 6.92 Å². The number of hydrogen-bond acceptors (Lipinski definition) is 3. The fourth-order valence-corrected chi connectivity index (χ4v) is 1.48. The molecule has 0 spiro atoms. The lowest BCUT2D eigenvalue weighted by molar-refractivity contribution is 0.552. The van der Waals surface area contributed by atoms with Gasteiger partial charge < -0.3 is 4.57 Å². The van der Waals surface area contributed by atoms with Gasteiger partial charge in [-0.2, -0.15) is 5.26 Å². The van der Waals surface area contributed by atoms with Gasteiger partial charge in [-0.25, -0.2) is 4.79 Å². The summed E-state index contributed by atoms with van der Waals surface area (Å²) in [6.45, 7) is 2.39. The van der Waals surface area contributed by atoms with Gasteiger partial charge in [0, 0.05) is 18.8 Å². The van der Waals surface area contributed by atoms with Crippen LogP contribution in [-0.2, 0) is 13.1 Å². The lowest BCUT2D eigenvalue weighted by Gasteiger charge is -2.08. The van der Waals surface area contributed by atoms with Crippen LogP contribution in [0.5, 0.6) is 0 Å². The highest BCUT2D eigenvalue weighted by molar-refractivity contribution is 6.22. The molecule has 0 aliphatic heterocycles. The summed E-state index contributed by atoms with van der Waals surface area (Å²) in [5, 5.41) is 7.67. The second-order valence-electron chi connectivity index (χ2n) is 3.34. The highest BCUT2D eigenvalue weighted by Gasteiger charge is 2.09. The number of halogens is 1. The molecule has 0 bridgehead atoms. The Bertz CT molecular complexity index is 512. The molecule has 0 aliphatic rings. The molecule has 1 aromatic rings. The fraction of sp³-hybridized carbons (Fsp3) is 0.500. The van der Waals surface area contributed by atoms with Gasteiger partial charge in [-0.05, 0) is 6.42 Å². The van der Waals surface area contributed by atoms with Crippen molar-refractivity contribution in [3.63, 3.8) is 0 Å². The lowest BCUT2D eigenvalue weighted by Crippen LogP contribution is -2.40. The first-order chi connectivity index (χ1) is 7.60. The molecule has 1 heterocycles. The Morgan fingerprint density at radius 3 is 2.81 bits per heavy atom. The van der Waals surface area contributed by atoms with Crippen LogP contribution in [-0.4, -0.2) is 14.5 Å². The summed E-state index contributed by atoms with van der Waals surface area (Å²) in [7, 11) is 0. The molecular weight excluding hydrogens is 230 g/mol. The molecule has 1 atom stereocenters. The van der Waals surface area contributed by atoms with E-state index in [1.165, 1.54) is 16.8 Å².